The Morgan fingerprint density at radius 3 is 1.19 bits per heavy atom. The topological polar surface area (TPSA) is 35.5 Å². The number of ketones is 1. The Bertz CT molecular complexity index is 320. The van der Waals surface area contributed by atoms with Crippen molar-refractivity contribution >= 4 is 5.78 Å². The Labute approximate surface area is 165 Å². The fourth-order valence-electron chi connectivity index (χ4n) is 1.93. The van der Waals surface area contributed by atoms with E-state index in [0.29, 0.717) is 35.9 Å². The van der Waals surface area contributed by atoms with Crippen molar-refractivity contribution < 1.29 is 14.3 Å². The van der Waals surface area contributed by atoms with E-state index in [1.54, 1.807) is 0 Å². The van der Waals surface area contributed by atoms with E-state index in [0.717, 1.165) is 6.42 Å². The van der Waals surface area contributed by atoms with Gasteiger partial charge in [0.15, 0.2) is 0 Å². The van der Waals surface area contributed by atoms with Gasteiger partial charge in [0.1, 0.15) is 5.78 Å². The van der Waals surface area contributed by atoms with Gasteiger partial charge in [0.2, 0.25) is 0 Å². The van der Waals surface area contributed by atoms with Gasteiger partial charge in [-0.3, -0.25) is 4.79 Å². The van der Waals surface area contributed by atoms with Crippen LogP contribution in [0.5, 0.6) is 0 Å². The van der Waals surface area contributed by atoms with Crippen molar-refractivity contribution in [2.75, 3.05) is 0 Å². The molecule has 0 heterocycles. The Balaban J connectivity index is -0.000000310. The number of carbonyl (C=O) groups is 1. The van der Waals surface area contributed by atoms with E-state index in [1.165, 1.54) is 0 Å². The molecule has 3 nitrogen and oxygen atoms in total. The highest BCUT2D eigenvalue weighted by molar-refractivity contribution is 5.80. The highest BCUT2D eigenvalue weighted by Crippen LogP contribution is 2.21. The maximum atomic E-state index is 11.0. The first-order chi connectivity index (χ1) is 11.5. The maximum Gasteiger partial charge on any atom is 0.135 e. The molecule has 0 aliphatic rings. The van der Waals surface area contributed by atoms with E-state index >= 15 is 0 Å². The predicted molar refractivity (Wildman–Crippen MR) is 116 cm³/mol. The van der Waals surface area contributed by atoms with E-state index in [-0.39, 0.29) is 11.5 Å². The minimum atomic E-state index is 0.0220. The summed E-state index contributed by atoms with van der Waals surface area (Å²) in [6.07, 6.45) is 1.81. The molecule has 0 atom stereocenters. The van der Waals surface area contributed by atoms with Crippen molar-refractivity contribution in [3.8, 4) is 0 Å². The average Bonchev–Trinajstić information content (AvgIpc) is 2.35. The molecule has 0 aromatic heterocycles. The molecule has 0 saturated heterocycles. The molecule has 0 fully saturated rings. The van der Waals surface area contributed by atoms with Crippen LogP contribution in [0.2, 0.25) is 0 Å². The van der Waals surface area contributed by atoms with Gasteiger partial charge < -0.3 is 9.47 Å². The highest BCUT2D eigenvalue weighted by atomic mass is 16.5. The zero-order chi connectivity index (χ0) is 21.7. The van der Waals surface area contributed by atoms with Gasteiger partial charge in [-0.05, 0) is 67.2 Å². The first-order valence-electron chi connectivity index (χ1n) is 10.4. The van der Waals surface area contributed by atoms with Crippen LogP contribution in [0.4, 0.5) is 0 Å². The lowest BCUT2D eigenvalue weighted by Crippen LogP contribution is -2.33. The third kappa shape index (κ3) is 23.6. The number of carbonyl (C=O) groups excluding carboxylic acids is 1. The summed E-state index contributed by atoms with van der Waals surface area (Å²) in [5.41, 5.74) is 0.0220. The molecule has 3 heteroatoms. The van der Waals surface area contributed by atoms with Crippen molar-refractivity contribution in [1.29, 1.82) is 0 Å². The van der Waals surface area contributed by atoms with Crippen LogP contribution in [0, 0.1) is 17.8 Å². The van der Waals surface area contributed by atoms with Gasteiger partial charge in [-0.2, -0.15) is 0 Å². The summed E-state index contributed by atoms with van der Waals surface area (Å²) in [7, 11) is 0. The Morgan fingerprint density at radius 2 is 1.12 bits per heavy atom. The van der Waals surface area contributed by atoms with Crippen LogP contribution in [-0.2, 0) is 14.3 Å². The fraction of sp³-hybridized carbons (Fsp3) is 0.957. The number of ether oxygens (including phenoxy) is 2. The molecule has 0 rings (SSSR count). The minimum absolute atomic E-state index is 0.0220. The zero-order valence-corrected chi connectivity index (χ0v) is 20.4. The smallest absolute Gasteiger partial charge is 0.135 e. The standard InChI is InChI=1S/C9H20O.C8H16O.C6H14O/c1-7(2)9(5,6)10-8(3)4;1-6(2)5-8(9)7(3)4;1-5(2)7-6(3)4/h7-8H,1-6H3;6-7H,5H2,1-4H3;5-6H,1-4H3. The molecule has 0 saturated carbocycles. The molecule has 26 heavy (non-hydrogen) atoms. The number of hydrogen-bond donors (Lipinski definition) is 0. The molecule has 0 radical (unpaired) electrons. The third-order valence-corrected chi connectivity index (χ3v) is 3.73. The molecule has 0 N–H and O–H groups in total. The fourth-order valence-corrected chi connectivity index (χ4v) is 1.93. The summed E-state index contributed by atoms with van der Waals surface area (Å²) in [6.45, 7) is 29.0. The van der Waals surface area contributed by atoms with Crippen LogP contribution >= 0.6 is 0 Å². The number of Topliss-reactive ketones (excluding diaryl/α,β-unsaturated/α-hetero) is 1. The molecule has 0 unspecified atom stereocenters. The van der Waals surface area contributed by atoms with Gasteiger partial charge in [-0.1, -0.05) is 41.5 Å². The lowest BCUT2D eigenvalue weighted by molar-refractivity contribution is -0.122. The van der Waals surface area contributed by atoms with Gasteiger partial charge >= 0.3 is 0 Å². The van der Waals surface area contributed by atoms with Crippen LogP contribution in [-0.4, -0.2) is 29.7 Å². The summed E-state index contributed by atoms with van der Waals surface area (Å²) < 4.78 is 10.9. The van der Waals surface area contributed by atoms with Gasteiger partial charge in [0.25, 0.3) is 0 Å². The number of rotatable bonds is 8. The van der Waals surface area contributed by atoms with Crippen LogP contribution in [0.25, 0.3) is 0 Å². The van der Waals surface area contributed by atoms with E-state index in [1.807, 2.05) is 41.5 Å². The Hall–Kier alpha value is -0.410. The van der Waals surface area contributed by atoms with Crippen molar-refractivity contribution in [2.45, 2.75) is 127 Å². The van der Waals surface area contributed by atoms with E-state index in [4.69, 9.17) is 9.47 Å². The van der Waals surface area contributed by atoms with Crippen LogP contribution < -0.4 is 0 Å². The quantitative estimate of drug-likeness (QED) is 0.462. The molecule has 0 spiro atoms. The van der Waals surface area contributed by atoms with Crippen molar-refractivity contribution in [2.24, 2.45) is 17.8 Å². The molecule has 0 aliphatic carbocycles. The largest absolute Gasteiger partial charge is 0.376 e. The van der Waals surface area contributed by atoms with Gasteiger partial charge in [-0.15, -0.1) is 0 Å². The molecule has 0 aliphatic heterocycles. The molecule has 160 valence electrons. The summed E-state index contributed by atoms with van der Waals surface area (Å²) in [6, 6.07) is 0. The normalized spacial score (nSPS) is 11.8. The average molecular weight is 375 g/mol. The first-order valence-corrected chi connectivity index (χ1v) is 10.4. The molecular formula is C23H50O3. The monoisotopic (exact) mass is 374 g/mol. The van der Waals surface area contributed by atoms with E-state index < -0.39 is 0 Å². The molecule has 0 aromatic rings. The molecular weight excluding hydrogens is 324 g/mol. The van der Waals surface area contributed by atoms with Crippen molar-refractivity contribution in [3.05, 3.63) is 0 Å². The summed E-state index contributed by atoms with van der Waals surface area (Å²) in [5.74, 6) is 1.69. The minimum Gasteiger partial charge on any atom is -0.376 e. The maximum absolute atomic E-state index is 11.0. The Morgan fingerprint density at radius 1 is 0.731 bits per heavy atom. The molecule has 0 bridgehead atoms. The van der Waals surface area contributed by atoms with Gasteiger partial charge in [-0.25, -0.2) is 0 Å². The van der Waals surface area contributed by atoms with Crippen molar-refractivity contribution in [3.63, 3.8) is 0 Å². The van der Waals surface area contributed by atoms with Crippen LogP contribution in [0.1, 0.15) is 103 Å². The Kier molecular flexibility index (Phi) is 18.2. The predicted octanol–water partition coefficient (Wildman–Crippen LogP) is 6.92. The second-order valence-electron chi connectivity index (χ2n) is 9.38. The second-order valence-corrected chi connectivity index (χ2v) is 9.38. The van der Waals surface area contributed by atoms with Crippen molar-refractivity contribution in [1.82, 2.24) is 0 Å². The summed E-state index contributed by atoms with van der Waals surface area (Å²) >= 11 is 0. The zero-order valence-electron chi connectivity index (χ0n) is 20.4. The third-order valence-electron chi connectivity index (χ3n) is 3.73. The summed E-state index contributed by atoms with van der Waals surface area (Å²) in [4.78, 5) is 11.0. The number of hydrogen-bond acceptors (Lipinski definition) is 3. The molecule has 0 aromatic carbocycles. The van der Waals surface area contributed by atoms with Gasteiger partial charge in [0.05, 0.1) is 23.9 Å². The summed E-state index contributed by atoms with van der Waals surface area (Å²) in [5, 5.41) is 0. The van der Waals surface area contributed by atoms with Crippen LogP contribution in [0.15, 0.2) is 0 Å². The highest BCUT2D eigenvalue weighted by Gasteiger charge is 2.23. The van der Waals surface area contributed by atoms with Crippen LogP contribution in [0.3, 0.4) is 0 Å². The molecule has 0 amide bonds. The van der Waals surface area contributed by atoms with E-state index in [2.05, 4.69) is 55.4 Å². The lowest BCUT2D eigenvalue weighted by Gasteiger charge is -2.31. The first kappa shape index (κ1) is 30.3. The van der Waals surface area contributed by atoms with E-state index in [9.17, 15) is 4.79 Å². The van der Waals surface area contributed by atoms with Gasteiger partial charge in [0, 0.05) is 12.3 Å². The SMILES string of the molecule is CC(C)CC(=O)C(C)C.CC(C)OC(C)(C)C(C)C.CC(C)OC(C)C. The lowest BCUT2D eigenvalue weighted by atomic mass is 9.94. The second kappa shape index (κ2) is 15.6.